The van der Waals surface area contributed by atoms with Crippen LogP contribution in [-0.2, 0) is 15.6 Å². The van der Waals surface area contributed by atoms with Crippen molar-refractivity contribution in [3.05, 3.63) is 38.2 Å². The van der Waals surface area contributed by atoms with Gasteiger partial charge in [0.15, 0.2) is 0 Å². The molecule has 0 aliphatic rings. The standard InChI is InChI=1S/C12H17N3O5S/c1-7-9(11(18)15-12(19)13-7)3-4-10(17)14-8(5-16)6-21(2)20/h3-4,8,16H,5-6H2,1-2H3,(H,14,17)(H2,13,15,18,19)/b4-3+/t8-,21?/m0/s1. The van der Waals surface area contributed by atoms with Gasteiger partial charge < -0.3 is 15.4 Å². The van der Waals surface area contributed by atoms with E-state index in [9.17, 15) is 18.6 Å². The van der Waals surface area contributed by atoms with Gasteiger partial charge in [-0.2, -0.15) is 0 Å². The first kappa shape index (κ1) is 17.1. The van der Waals surface area contributed by atoms with Crippen molar-refractivity contribution < 1.29 is 14.1 Å². The average Bonchev–Trinajstić information content (AvgIpc) is 2.35. The van der Waals surface area contributed by atoms with E-state index in [2.05, 4.69) is 15.3 Å². The lowest BCUT2D eigenvalue weighted by Crippen LogP contribution is -2.40. The number of hydrogen-bond donors (Lipinski definition) is 4. The van der Waals surface area contributed by atoms with Crippen molar-refractivity contribution >= 4 is 22.8 Å². The van der Waals surface area contributed by atoms with Crippen LogP contribution in [0.2, 0.25) is 0 Å². The molecule has 1 unspecified atom stereocenters. The van der Waals surface area contributed by atoms with Crippen molar-refractivity contribution in [1.29, 1.82) is 0 Å². The molecule has 1 heterocycles. The minimum atomic E-state index is -1.16. The second-order valence-corrected chi connectivity index (χ2v) is 5.89. The molecule has 1 aromatic heterocycles. The molecule has 0 radical (unpaired) electrons. The third kappa shape index (κ3) is 5.48. The summed E-state index contributed by atoms with van der Waals surface area (Å²) in [6, 6.07) is -0.622. The van der Waals surface area contributed by atoms with Gasteiger partial charge in [0.25, 0.3) is 5.56 Å². The second-order valence-electron chi connectivity index (χ2n) is 4.41. The highest BCUT2D eigenvalue weighted by Crippen LogP contribution is 1.98. The molecule has 0 saturated carbocycles. The lowest BCUT2D eigenvalue weighted by Gasteiger charge is -2.13. The molecule has 0 spiro atoms. The lowest BCUT2D eigenvalue weighted by atomic mass is 10.2. The number of aliphatic hydroxyl groups is 1. The largest absolute Gasteiger partial charge is 0.394 e. The van der Waals surface area contributed by atoms with Crippen LogP contribution in [0.5, 0.6) is 0 Å². The van der Waals surface area contributed by atoms with Gasteiger partial charge in [0.2, 0.25) is 5.91 Å². The van der Waals surface area contributed by atoms with Crippen LogP contribution in [0.3, 0.4) is 0 Å². The third-order valence-corrected chi connectivity index (χ3v) is 3.45. The first-order valence-corrected chi connectivity index (χ1v) is 7.79. The first-order valence-electron chi connectivity index (χ1n) is 6.06. The Balaban J connectivity index is 2.81. The molecular formula is C12H17N3O5S. The van der Waals surface area contributed by atoms with Crippen LogP contribution < -0.4 is 16.6 Å². The zero-order valence-corrected chi connectivity index (χ0v) is 12.5. The molecule has 2 atom stereocenters. The fourth-order valence-corrected chi connectivity index (χ4v) is 2.40. The van der Waals surface area contributed by atoms with E-state index in [0.717, 1.165) is 6.08 Å². The van der Waals surface area contributed by atoms with E-state index in [1.807, 2.05) is 0 Å². The Labute approximate surface area is 122 Å². The maximum Gasteiger partial charge on any atom is 0.325 e. The number of aliphatic hydroxyl groups excluding tert-OH is 1. The number of carbonyl (C=O) groups is 1. The van der Waals surface area contributed by atoms with Gasteiger partial charge in [0, 0.05) is 34.6 Å². The Morgan fingerprint density at radius 1 is 1.43 bits per heavy atom. The predicted molar refractivity (Wildman–Crippen MR) is 79.4 cm³/mol. The number of aromatic nitrogens is 2. The minimum absolute atomic E-state index is 0.133. The third-order valence-electron chi connectivity index (χ3n) is 2.58. The van der Waals surface area contributed by atoms with Gasteiger partial charge in [0.05, 0.1) is 18.2 Å². The van der Waals surface area contributed by atoms with Crippen LogP contribution in [0.1, 0.15) is 11.3 Å². The normalized spacial score (nSPS) is 14.0. The molecule has 0 saturated heterocycles. The topological polar surface area (TPSA) is 132 Å². The molecule has 0 bridgehead atoms. The maximum atomic E-state index is 11.7. The molecule has 0 aliphatic carbocycles. The van der Waals surface area contributed by atoms with Gasteiger partial charge in [-0.1, -0.05) is 0 Å². The molecule has 1 rings (SSSR count). The summed E-state index contributed by atoms with van der Waals surface area (Å²) in [5, 5.41) is 11.5. The highest BCUT2D eigenvalue weighted by atomic mass is 32.2. The van der Waals surface area contributed by atoms with E-state index >= 15 is 0 Å². The van der Waals surface area contributed by atoms with Crippen LogP contribution in [-0.4, -0.2) is 49.8 Å². The Morgan fingerprint density at radius 3 is 2.62 bits per heavy atom. The molecule has 4 N–H and O–H groups in total. The Hall–Kier alpha value is -2.00. The van der Waals surface area contributed by atoms with Crippen LogP contribution in [0.15, 0.2) is 15.7 Å². The summed E-state index contributed by atoms with van der Waals surface area (Å²) < 4.78 is 11.0. The van der Waals surface area contributed by atoms with Crippen molar-refractivity contribution in [2.45, 2.75) is 13.0 Å². The van der Waals surface area contributed by atoms with Gasteiger partial charge in [-0.3, -0.25) is 18.8 Å². The molecule has 21 heavy (non-hydrogen) atoms. The van der Waals surface area contributed by atoms with Gasteiger partial charge >= 0.3 is 5.69 Å². The molecule has 0 aromatic carbocycles. The summed E-state index contributed by atoms with van der Waals surface area (Å²) >= 11 is 0. The second kappa shape index (κ2) is 7.70. The SMILES string of the molecule is Cc1[nH]c(=O)[nH]c(=O)c1/C=C/C(=O)N[C@@H](CO)CS(C)=O. The van der Waals surface area contributed by atoms with Crippen molar-refractivity contribution in [2.75, 3.05) is 18.6 Å². The van der Waals surface area contributed by atoms with Crippen LogP contribution in [0.4, 0.5) is 0 Å². The number of aryl methyl sites for hydroxylation is 1. The van der Waals surface area contributed by atoms with Crippen LogP contribution in [0, 0.1) is 6.92 Å². The quantitative estimate of drug-likeness (QED) is 0.462. The molecule has 9 heteroatoms. The number of H-pyrrole nitrogens is 2. The minimum Gasteiger partial charge on any atom is -0.394 e. The molecular weight excluding hydrogens is 298 g/mol. The average molecular weight is 315 g/mol. The molecule has 1 amide bonds. The van der Waals surface area contributed by atoms with E-state index in [-0.39, 0.29) is 17.9 Å². The Morgan fingerprint density at radius 2 is 2.10 bits per heavy atom. The number of aromatic amines is 2. The summed E-state index contributed by atoms with van der Waals surface area (Å²) in [7, 11) is -1.16. The van der Waals surface area contributed by atoms with Crippen molar-refractivity contribution in [2.24, 2.45) is 0 Å². The smallest absolute Gasteiger partial charge is 0.325 e. The monoisotopic (exact) mass is 315 g/mol. The highest BCUT2D eigenvalue weighted by molar-refractivity contribution is 7.84. The van der Waals surface area contributed by atoms with Crippen molar-refractivity contribution in [3.8, 4) is 0 Å². The summed E-state index contributed by atoms with van der Waals surface area (Å²) in [6.07, 6.45) is 3.84. The molecule has 1 aromatic rings. The lowest BCUT2D eigenvalue weighted by molar-refractivity contribution is -0.117. The summed E-state index contributed by atoms with van der Waals surface area (Å²) in [4.78, 5) is 38.7. The van der Waals surface area contributed by atoms with E-state index in [4.69, 9.17) is 5.11 Å². The maximum absolute atomic E-state index is 11.7. The fraction of sp³-hybridized carbons (Fsp3) is 0.417. The Bertz CT molecular complexity index is 676. The highest BCUT2D eigenvalue weighted by Gasteiger charge is 2.11. The summed E-state index contributed by atoms with van der Waals surface area (Å²) in [5.74, 6) is -0.404. The van der Waals surface area contributed by atoms with E-state index in [1.54, 1.807) is 0 Å². The van der Waals surface area contributed by atoms with E-state index in [1.165, 1.54) is 19.3 Å². The van der Waals surface area contributed by atoms with Crippen molar-refractivity contribution in [3.63, 3.8) is 0 Å². The summed E-state index contributed by atoms with van der Waals surface area (Å²) in [5.41, 5.74) is -0.732. The van der Waals surface area contributed by atoms with Crippen molar-refractivity contribution in [1.82, 2.24) is 15.3 Å². The van der Waals surface area contributed by atoms with E-state index in [0.29, 0.717) is 5.69 Å². The first-order chi connectivity index (χ1) is 9.83. The number of hydrogen-bond acceptors (Lipinski definition) is 5. The van der Waals surface area contributed by atoms with E-state index < -0.39 is 34.0 Å². The van der Waals surface area contributed by atoms with Gasteiger partial charge in [0.1, 0.15) is 0 Å². The fourth-order valence-electron chi connectivity index (χ4n) is 1.64. The molecule has 116 valence electrons. The van der Waals surface area contributed by atoms with Gasteiger partial charge in [-0.05, 0) is 13.0 Å². The van der Waals surface area contributed by atoms with Crippen LogP contribution >= 0.6 is 0 Å². The molecule has 0 aliphatic heterocycles. The van der Waals surface area contributed by atoms with Crippen LogP contribution in [0.25, 0.3) is 6.08 Å². The zero-order valence-electron chi connectivity index (χ0n) is 11.6. The van der Waals surface area contributed by atoms with Gasteiger partial charge in [-0.25, -0.2) is 4.79 Å². The molecule has 8 nitrogen and oxygen atoms in total. The number of rotatable bonds is 6. The predicted octanol–water partition coefficient (Wildman–Crippen LogP) is -1.76. The number of nitrogens with one attached hydrogen (secondary N) is 3. The number of amides is 1. The summed E-state index contributed by atoms with van der Waals surface area (Å²) in [6.45, 7) is 1.20. The Kier molecular flexibility index (Phi) is 6.25. The number of carbonyl (C=O) groups excluding carboxylic acids is 1. The zero-order chi connectivity index (χ0) is 16.0. The molecule has 0 fully saturated rings. The van der Waals surface area contributed by atoms with Gasteiger partial charge in [-0.15, -0.1) is 0 Å².